The quantitative estimate of drug-likeness (QED) is 0.867. The smallest absolute Gasteiger partial charge is 0.241 e. The molecule has 1 aromatic rings. The zero-order valence-electron chi connectivity index (χ0n) is 10.5. The van der Waals surface area contributed by atoms with E-state index in [2.05, 4.69) is 10.3 Å². The Balaban J connectivity index is 2.57. The van der Waals surface area contributed by atoms with Crippen LogP contribution in [-0.2, 0) is 11.3 Å². The third-order valence-electron chi connectivity index (χ3n) is 2.32. The second-order valence-electron chi connectivity index (χ2n) is 4.54. The Bertz CT molecular complexity index is 371. The minimum absolute atomic E-state index is 0.0689. The first kappa shape index (κ1) is 13.1. The summed E-state index contributed by atoms with van der Waals surface area (Å²) in [6.45, 7) is 6.37. The number of carbonyl (C=O) groups is 1. The van der Waals surface area contributed by atoms with Gasteiger partial charge in [-0.3, -0.25) is 10.1 Å². The first-order valence-electron chi connectivity index (χ1n) is 5.20. The maximum absolute atomic E-state index is 11.8. The lowest BCUT2D eigenvalue weighted by Crippen LogP contribution is -2.51. The van der Waals surface area contributed by atoms with Gasteiger partial charge in [0.1, 0.15) is 0 Å². The molecule has 5 heteroatoms. The first-order valence-corrected chi connectivity index (χ1v) is 6.08. The van der Waals surface area contributed by atoms with Gasteiger partial charge in [-0.05, 0) is 20.8 Å². The second-order valence-corrected chi connectivity index (χ2v) is 5.60. The number of aromatic nitrogens is 1. The summed E-state index contributed by atoms with van der Waals surface area (Å²) in [5, 5.41) is 6.28. The molecule has 90 valence electrons. The van der Waals surface area contributed by atoms with Crippen LogP contribution in [0, 0.1) is 6.92 Å². The van der Waals surface area contributed by atoms with Crippen molar-refractivity contribution in [3.63, 3.8) is 0 Å². The highest BCUT2D eigenvalue weighted by Gasteiger charge is 2.28. The van der Waals surface area contributed by atoms with Gasteiger partial charge in [-0.15, -0.1) is 11.3 Å². The molecule has 0 saturated carbocycles. The van der Waals surface area contributed by atoms with Crippen LogP contribution in [0.25, 0.3) is 0 Å². The van der Waals surface area contributed by atoms with Gasteiger partial charge in [-0.1, -0.05) is 0 Å². The zero-order chi connectivity index (χ0) is 12.3. The topological polar surface area (TPSA) is 45.2 Å². The number of thiazole rings is 1. The van der Waals surface area contributed by atoms with Crippen molar-refractivity contribution in [2.45, 2.75) is 32.9 Å². The number of aryl methyl sites for hydroxylation is 1. The minimum atomic E-state index is -0.555. The lowest BCUT2D eigenvalue weighted by Gasteiger charge is -2.28. The summed E-state index contributed by atoms with van der Waals surface area (Å²) >= 11 is 1.62. The van der Waals surface area contributed by atoms with E-state index in [1.54, 1.807) is 30.3 Å². The van der Waals surface area contributed by atoms with Crippen LogP contribution in [0.1, 0.15) is 24.5 Å². The van der Waals surface area contributed by atoms with E-state index in [1.165, 1.54) is 0 Å². The summed E-state index contributed by atoms with van der Waals surface area (Å²) in [5.74, 6) is 0.0689. The van der Waals surface area contributed by atoms with Gasteiger partial charge in [0.25, 0.3) is 0 Å². The highest BCUT2D eigenvalue weighted by atomic mass is 32.1. The monoisotopic (exact) mass is 241 g/mol. The number of hydrogen-bond donors (Lipinski definition) is 1. The van der Waals surface area contributed by atoms with Gasteiger partial charge < -0.3 is 4.90 Å². The van der Waals surface area contributed by atoms with E-state index in [4.69, 9.17) is 0 Å². The van der Waals surface area contributed by atoms with Crippen molar-refractivity contribution in [1.29, 1.82) is 0 Å². The number of hydrogen-bond acceptors (Lipinski definition) is 4. The number of likely N-dealkylation sites (N-methyl/N-ethyl adjacent to an activating group) is 1. The molecule has 0 spiro atoms. The van der Waals surface area contributed by atoms with Crippen molar-refractivity contribution in [2.75, 3.05) is 14.1 Å². The molecule has 0 aliphatic rings. The molecule has 4 nitrogen and oxygen atoms in total. The Morgan fingerprint density at radius 2 is 2.19 bits per heavy atom. The van der Waals surface area contributed by atoms with Crippen LogP contribution in [0.5, 0.6) is 0 Å². The molecule has 0 atom stereocenters. The predicted molar refractivity (Wildman–Crippen MR) is 66.5 cm³/mol. The van der Waals surface area contributed by atoms with E-state index >= 15 is 0 Å². The SMILES string of the molecule is Cc1nc(CNC(C)(C)C(=O)N(C)C)cs1. The van der Waals surface area contributed by atoms with Crippen molar-refractivity contribution >= 4 is 17.2 Å². The van der Waals surface area contributed by atoms with Crippen molar-refractivity contribution in [2.24, 2.45) is 0 Å². The molecular weight excluding hydrogens is 222 g/mol. The van der Waals surface area contributed by atoms with Gasteiger partial charge >= 0.3 is 0 Å². The Hall–Kier alpha value is -0.940. The lowest BCUT2D eigenvalue weighted by molar-refractivity contribution is -0.134. The Labute approximate surface area is 101 Å². The van der Waals surface area contributed by atoms with Crippen LogP contribution in [0.15, 0.2) is 5.38 Å². The Kier molecular flexibility index (Phi) is 4.04. The van der Waals surface area contributed by atoms with E-state index in [-0.39, 0.29) is 5.91 Å². The van der Waals surface area contributed by atoms with Crippen LogP contribution in [0.3, 0.4) is 0 Å². The van der Waals surface area contributed by atoms with E-state index in [0.717, 1.165) is 10.7 Å². The average Bonchev–Trinajstić information content (AvgIpc) is 2.60. The molecule has 16 heavy (non-hydrogen) atoms. The fourth-order valence-corrected chi connectivity index (χ4v) is 2.05. The third-order valence-corrected chi connectivity index (χ3v) is 3.14. The maximum Gasteiger partial charge on any atom is 0.241 e. The normalized spacial score (nSPS) is 11.6. The van der Waals surface area contributed by atoms with E-state index < -0.39 is 5.54 Å². The van der Waals surface area contributed by atoms with Gasteiger partial charge in [-0.2, -0.15) is 0 Å². The summed E-state index contributed by atoms with van der Waals surface area (Å²) in [5.41, 5.74) is 0.434. The number of carbonyl (C=O) groups excluding carboxylic acids is 1. The maximum atomic E-state index is 11.8. The molecule has 1 amide bonds. The van der Waals surface area contributed by atoms with Crippen molar-refractivity contribution < 1.29 is 4.79 Å². The van der Waals surface area contributed by atoms with E-state index in [9.17, 15) is 4.79 Å². The molecule has 0 saturated heterocycles. The molecule has 0 radical (unpaired) electrons. The standard InChI is InChI=1S/C11H19N3OS/c1-8-13-9(7-16-8)6-12-11(2,3)10(15)14(4)5/h7,12H,6H2,1-5H3. The summed E-state index contributed by atoms with van der Waals surface area (Å²) in [6, 6.07) is 0. The number of nitrogens with one attached hydrogen (secondary N) is 1. The van der Waals surface area contributed by atoms with Gasteiger partial charge in [0, 0.05) is 26.0 Å². The van der Waals surface area contributed by atoms with Gasteiger partial charge in [0.2, 0.25) is 5.91 Å². The van der Waals surface area contributed by atoms with Gasteiger partial charge in [0.15, 0.2) is 0 Å². The average molecular weight is 241 g/mol. The van der Waals surface area contributed by atoms with Crippen LogP contribution < -0.4 is 5.32 Å². The number of rotatable bonds is 4. The molecule has 1 aromatic heterocycles. The summed E-state index contributed by atoms with van der Waals surface area (Å²) in [7, 11) is 3.53. The highest BCUT2D eigenvalue weighted by Crippen LogP contribution is 2.11. The molecule has 0 aromatic carbocycles. The molecule has 0 aliphatic heterocycles. The molecule has 1 rings (SSSR count). The second kappa shape index (κ2) is 4.93. The zero-order valence-corrected chi connectivity index (χ0v) is 11.3. The Morgan fingerprint density at radius 3 is 2.62 bits per heavy atom. The van der Waals surface area contributed by atoms with Crippen molar-refractivity contribution in [3.05, 3.63) is 16.1 Å². The molecule has 0 unspecified atom stereocenters. The van der Waals surface area contributed by atoms with Gasteiger partial charge in [0.05, 0.1) is 16.2 Å². The van der Waals surface area contributed by atoms with Crippen LogP contribution in [0.2, 0.25) is 0 Å². The first-order chi connectivity index (χ1) is 7.33. The number of nitrogens with zero attached hydrogens (tertiary/aromatic N) is 2. The molecule has 1 N–H and O–H groups in total. The van der Waals surface area contributed by atoms with Crippen LogP contribution >= 0.6 is 11.3 Å². The fourth-order valence-electron chi connectivity index (χ4n) is 1.44. The van der Waals surface area contributed by atoms with Crippen molar-refractivity contribution in [1.82, 2.24) is 15.2 Å². The summed E-state index contributed by atoms with van der Waals surface area (Å²) in [4.78, 5) is 17.8. The van der Waals surface area contributed by atoms with Crippen LogP contribution in [-0.4, -0.2) is 35.4 Å². The van der Waals surface area contributed by atoms with Crippen LogP contribution in [0.4, 0.5) is 0 Å². The minimum Gasteiger partial charge on any atom is -0.347 e. The molecule has 0 bridgehead atoms. The number of amides is 1. The van der Waals surface area contributed by atoms with Gasteiger partial charge in [-0.25, -0.2) is 4.98 Å². The van der Waals surface area contributed by atoms with Crippen molar-refractivity contribution in [3.8, 4) is 0 Å². The largest absolute Gasteiger partial charge is 0.347 e. The molecule has 0 aliphatic carbocycles. The Morgan fingerprint density at radius 1 is 1.56 bits per heavy atom. The van der Waals surface area contributed by atoms with E-state index in [1.807, 2.05) is 26.2 Å². The fraction of sp³-hybridized carbons (Fsp3) is 0.636. The summed E-state index contributed by atoms with van der Waals surface area (Å²) < 4.78 is 0. The highest BCUT2D eigenvalue weighted by molar-refractivity contribution is 7.09. The molecular formula is C11H19N3OS. The molecule has 0 fully saturated rings. The van der Waals surface area contributed by atoms with E-state index in [0.29, 0.717) is 6.54 Å². The predicted octanol–water partition coefficient (Wildman–Crippen LogP) is 1.41. The molecule has 1 heterocycles. The lowest BCUT2D eigenvalue weighted by atomic mass is 10.0. The summed E-state index contributed by atoms with van der Waals surface area (Å²) in [6.07, 6.45) is 0. The third kappa shape index (κ3) is 3.28.